The molecule has 2 aromatic carbocycles. The van der Waals surface area contributed by atoms with E-state index in [9.17, 15) is 26.3 Å². The first-order chi connectivity index (χ1) is 21.5. The van der Waals surface area contributed by atoms with Crippen molar-refractivity contribution < 1.29 is 55.6 Å². The predicted octanol–water partition coefficient (Wildman–Crippen LogP) is 6.09. The van der Waals surface area contributed by atoms with Gasteiger partial charge in [0.05, 0.1) is 0 Å². The highest BCUT2D eigenvalue weighted by molar-refractivity contribution is 5.76. The van der Waals surface area contributed by atoms with E-state index < -0.39 is 24.3 Å². The lowest BCUT2D eigenvalue weighted by Gasteiger charge is -2.12. The summed E-state index contributed by atoms with van der Waals surface area (Å²) in [6.45, 7) is 2.89. The summed E-state index contributed by atoms with van der Waals surface area (Å²) in [5.74, 6) is -2.59. The molecule has 0 amide bonds. The number of aromatic nitrogens is 5. The molecule has 46 heavy (non-hydrogen) atoms. The van der Waals surface area contributed by atoms with Crippen molar-refractivity contribution in [1.82, 2.24) is 24.5 Å². The van der Waals surface area contributed by atoms with E-state index in [4.69, 9.17) is 29.3 Å². The Morgan fingerprint density at radius 2 is 1.41 bits per heavy atom. The number of carboxylic acids is 2. The number of fused-ring (bicyclic) bond motifs is 1. The maximum atomic E-state index is 10.6. The summed E-state index contributed by atoms with van der Waals surface area (Å²) in [5.41, 5.74) is 4.73. The van der Waals surface area contributed by atoms with Gasteiger partial charge in [0.2, 0.25) is 0 Å². The highest BCUT2D eigenvalue weighted by Gasteiger charge is 2.38. The normalized spacial score (nSPS) is 11.1. The van der Waals surface area contributed by atoms with Crippen molar-refractivity contribution in [3.8, 4) is 22.9 Å². The van der Waals surface area contributed by atoms with E-state index in [2.05, 4.69) is 51.1 Å². The molecule has 11 nitrogen and oxygen atoms in total. The molecule has 0 aliphatic carbocycles. The van der Waals surface area contributed by atoms with Gasteiger partial charge in [0.15, 0.2) is 5.65 Å². The number of nitrogens with one attached hydrogen (secondary N) is 1. The van der Waals surface area contributed by atoms with Gasteiger partial charge in [0.1, 0.15) is 41.9 Å². The number of benzene rings is 2. The van der Waals surface area contributed by atoms with E-state index in [0.717, 1.165) is 28.1 Å². The largest absolute Gasteiger partial charge is 0.490 e. The number of ether oxygens (including phenoxy) is 2. The van der Waals surface area contributed by atoms with Gasteiger partial charge in [0, 0.05) is 37.3 Å². The molecule has 0 aliphatic heterocycles. The van der Waals surface area contributed by atoms with E-state index in [-0.39, 0.29) is 0 Å². The Balaban J connectivity index is 0.000000345. The van der Waals surface area contributed by atoms with Gasteiger partial charge in [-0.3, -0.25) is 0 Å². The zero-order valence-electron chi connectivity index (χ0n) is 23.9. The summed E-state index contributed by atoms with van der Waals surface area (Å²) >= 11 is 0. The molecule has 0 radical (unpaired) electrons. The number of aromatic amines is 1. The van der Waals surface area contributed by atoms with Crippen molar-refractivity contribution in [3.05, 3.63) is 90.1 Å². The molecule has 17 heteroatoms. The van der Waals surface area contributed by atoms with E-state index in [0.29, 0.717) is 30.5 Å². The smallest absolute Gasteiger partial charge is 0.489 e. The van der Waals surface area contributed by atoms with Crippen LogP contribution in [0, 0.1) is 6.92 Å². The predicted molar refractivity (Wildman–Crippen MR) is 150 cm³/mol. The van der Waals surface area contributed by atoms with Crippen LogP contribution in [-0.4, -0.2) is 59.0 Å². The summed E-state index contributed by atoms with van der Waals surface area (Å²) in [5, 5.41) is 14.2. The molecule has 5 aromatic rings. The van der Waals surface area contributed by atoms with Gasteiger partial charge in [0.25, 0.3) is 0 Å². The van der Waals surface area contributed by atoms with Crippen LogP contribution in [-0.2, 0) is 29.9 Å². The van der Waals surface area contributed by atoms with Gasteiger partial charge in [-0.05, 0) is 36.8 Å². The Morgan fingerprint density at radius 1 is 0.848 bits per heavy atom. The van der Waals surface area contributed by atoms with Gasteiger partial charge >= 0.3 is 24.3 Å². The lowest BCUT2D eigenvalue weighted by molar-refractivity contribution is -0.193. The van der Waals surface area contributed by atoms with Crippen molar-refractivity contribution in [1.29, 1.82) is 0 Å². The second kappa shape index (κ2) is 14.9. The Labute approximate surface area is 256 Å². The minimum Gasteiger partial charge on any atom is -0.489 e. The number of alkyl halides is 6. The highest BCUT2D eigenvalue weighted by Crippen LogP contribution is 2.30. The number of aliphatic carboxylic acids is 2. The summed E-state index contributed by atoms with van der Waals surface area (Å²) in [6, 6.07) is 17.9. The third-order valence-corrected chi connectivity index (χ3v) is 5.71. The number of rotatable bonds is 7. The number of halogens is 6. The second-order valence-electron chi connectivity index (χ2n) is 9.27. The maximum absolute atomic E-state index is 10.6. The molecule has 0 atom stereocenters. The van der Waals surface area contributed by atoms with Gasteiger partial charge in [-0.25, -0.2) is 24.5 Å². The van der Waals surface area contributed by atoms with Crippen molar-refractivity contribution in [3.63, 3.8) is 0 Å². The van der Waals surface area contributed by atoms with Crippen molar-refractivity contribution in [2.75, 3.05) is 0 Å². The number of nitrogens with zero attached hydrogens (tertiary/aromatic N) is 4. The molecule has 0 aliphatic rings. The van der Waals surface area contributed by atoms with Crippen LogP contribution in [0.2, 0.25) is 0 Å². The van der Waals surface area contributed by atoms with Crippen LogP contribution >= 0.6 is 0 Å². The molecule has 0 fully saturated rings. The molecule has 3 aromatic heterocycles. The van der Waals surface area contributed by atoms with Gasteiger partial charge in [-0.15, -0.1) is 0 Å². The zero-order chi connectivity index (χ0) is 34.1. The molecular formula is C29H25F6N5O6. The molecular weight excluding hydrogens is 628 g/mol. The number of carbonyl (C=O) groups is 2. The average molecular weight is 654 g/mol. The van der Waals surface area contributed by atoms with Crippen LogP contribution in [0.4, 0.5) is 26.3 Å². The summed E-state index contributed by atoms with van der Waals surface area (Å²) in [6.07, 6.45) is -4.77. The fraction of sp³-hybridized carbons (Fsp3) is 0.207. The monoisotopic (exact) mass is 653 g/mol. The SMILES string of the molecule is Cc1ccc(COc2cc(OCc3nccn3C)cc(-c3nc4cccnc4[nH]3)c2)cc1.O=C(O)C(F)(F)F.O=C(O)C(F)(F)F. The number of imidazole rings is 2. The standard InChI is InChI=1S/C25H23N5O2.2C2HF3O2/c1-17-5-7-18(8-6-17)15-31-20-12-19(24-28-22-4-3-9-27-25(22)29-24)13-21(14-20)32-16-23-26-10-11-30(23)2;2*3-2(4,5)1(6)7/h3-14H,15-16H2,1-2H3,(H,27,28,29);2*(H,6,7). The minimum atomic E-state index is -5.08. The van der Waals surface area contributed by atoms with E-state index in [1.807, 2.05) is 48.1 Å². The van der Waals surface area contributed by atoms with E-state index in [1.54, 1.807) is 12.4 Å². The average Bonchev–Trinajstić information content (AvgIpc) is 3.61. The lowest BCUT2D eigenvalue weighted by Crippen LogP contribution is -2.21. The number of aryl methyl sites for hydroxylation is 2. The summed E-state index contributed by atoms with van der Waals surface area (Å²) < 4.78 is 77.6. The van der Waals surface area contributed by atoms with Crippen LogP contribution in [0.3, 0.4) is 0 Å². The molecule has 3 heterocycles. The van der Waals surface area contributed by atoms with Crippen molar-refractivity contribution >= 4 is 23.1 Å². The first kappa shape index (κ1) is 34.9. The van der Waals surface area contributed by atoms with Crippen molar-refractivity contribution in [2.45, 2.75) is 32.5 Å². The van der Waals surface area contributed by atoms with Gasteiger partial charge < -0.3 is 29.2 Å². The maximum Gasteiger partial charge on any atom is 0.490 e. The zero-order valence-corrected chi connectivity index (χ0v) is 23.9. The number of carboxylic acid groups (broad SMARTS) is 2. The minimum absolute atomic E-state index is 0.353. The van der Waals surface area contributed by atoms with Crippen LogP contribution in [0.1, 0.15) is 17.0 Å². The Morgan fingerprint density at radius 3 is 1.91 bits per heavy atom. The quantitative estimate of drug-likeness (QED) is 0.177. The van der Waals surface area contributed by atoms with Crippen LogP contribution in [0.15, 0.2) is 73.2 Å². The Hall–Kier alpha value is -5.61. The third-order valence-electron chi connectivity index (χ3n) is 5.71. The van der Waals surface area contributed by atoms with E-state index >= 15 is 0 Å². The van der Waals surface area contributed by atoms with Crippen LogP contribution in [0.25, 0.3) is 22.6 Å². The molecule has 0 saturated carbocycles. The molecule has 3 N–H and O–H groups in total. The van der Waals surface area contributed by atoms with Gasteiger partial charge in [-0.1, -0.05) is 29.8 Å². The van der Waals surface area contributed by atoms with Crippen LogP contribution < -0.4 is 9.47 Å². The Bertz CT molecular complexity index is 1710. The molecule has 0 spiro atoms. The molecule has 0 saturated heterocycles. The first-order valence-electron chi connectivity index (χ1n) is 12.9. The Kier molecular flexibility index (Phi) is 11.3. The fourth-order valence-electron chi connectivity index (χ4n) is 3.39. The fourth-order valence-corrected chi connectivity index (χ4v) is 3.39. The van der Waals surface area contributed by atoms with Crippen LogP contribution in [0.5, 0.6) is 11.5 Å². The molecule has 0 unspecified atom stereocenters. The third kappa shape index (κ3) is 10.5. The highest BCUT2D eigenvalue weighted by atomic mass is 19.4. The second-order valence-corrected chi connectivity index (χ2v) is 9.27. The molecule has 0 bridgehead atoms. The number of H-pyrrole nitrogens is 1. The first-order valence-corrected chi connectivity index (χ1v) is 12.9. The molecule has 244 valence electrons. The molecule has 5 rings (SSSR count). The topological polar surface area (TPSA) is 152 Å². The lowest BCUT2D eigenvalue weighted by atomic mass is 10.1. The van der Waals surface area contributed by atoms with E-state index in [1.165, 1.54) is 5.56 Å². The van der Waals surface area contributed by atoms with Crippen molar-refractivity contribution in [2.24, 2.45) is 7.05 Å². The number of hydrogen-bond donors (Lipinski definition) is 3. The number of pyridine rings is 1. The summed E-state index contributed by atoms with van der Waals surface area (Å²) in [4.78, 5) is 34.4. The number of hydrogen-bond acceptors (Lipinski definition) is 7. The van der Waals surface area contributed by atoms with Gasteiger partial charge in [-0.2, -0.15) is 26.3 Å². The summed E-state index contributed by atoms with van der Waals surface area (Å²) in [7, 11) is 1.94.